The van der Waals surface area contributed by atoms with Gasteiger partial charge in [-0.2, -0.15) is 0 Å². The fraction of sp³-hybridized carbons (Fsp3) is 0.250. The van der Waals surface area contributed by atoms with E-state index in [0.717, 1.165) is 10.9 Å². The number of fused-ring (bicyclic) bond motifs is 3. The maximum Gasteiger partial charge on any atom is 0.0541 e. The number of rotatable bonds is 6. The summed E-state index contributed by atoms with van der Waals surface area (Å²) in [5.41, 5.74) is 5.22. The highest BCUT2D eigenvalue weighted by atomic mass is 79.9. The Morgan fingerprint density at radius 1 is 0.769 bits per heavy atom. The summed E-state index contributed by atoms with van der Waals surface area (Å²) in [5.74, 6) is 0. The van der Waals surface area contributed by atoms with E-state index in [1.807, 2.05) is 0 Å². The Balaban J connectivity index is 1.81. The zero-order valence-electron chi connectivity index (χ0n) is 15.2. The van der Waals surface area contributed by atoms with Crippen LogP contribution in [0.2, 0.25) is 0 Å². The van der Waals surface area contributed by atoms with Crippen LogP contribution in [0, 0.1) is 0 Å². The van der Waals surface area contributed by atoms with Crippen LogP contribution in [0.5, 0.6) is 0 Å². The van der Waals surface area contributed by atoms with Crippen molar-refractivity contribution < 1.29 is 0 Å². The summed E-state index contributed by atoms with van der Waals surface area (Å²) in [7, 11) is 0. The number of unbranched alkanes of at least 4 members (excludes halogenated alkanes) is 3. The minimum atomic E-state index is 1.12. The van der Waals surface area contributed by atoms with Crippen LogP contribution in [0.15, 0.2) is 71.2 Å². The van der Waals surface area contributed by atoms with Gasteiger partial charge in [0.25, 0.3) is 0 Å². The molecule has 26 heavy (non-hydrogen) atoms. The molecular formula is C24H24BrN. The number of nitrogens with zero attached hydrogens (tertiary/aromatic N) is 1. The molecule has 0 amide bonds. The van der Waals surface area contributed by atoms with E-state index in [9.17, 15) is 0 Å². The van der Waals surface area contributed by atoms with Crippen LogP contribution in [0.1, 0.15) is 38.2 Å². The summed E-state index contributed by atoms with van der Waals surface area (Å²) in [6.45, 7) is 2.27. The van der Waals surface area contributed by atoms with Crippen molar-refractivity contribution in [3.63, 3.8) is 0 Å². The predicted molar refractivity (Wildman–Crippen MR) is 116 cm³/mol. The molecule has 0 radical (unpaired) electrons. The monoisotopic (exact) mass is 405 g/mol. The Hall–Kier alpha value is -2.06. The van der Waals surface area contributed by atoms with Crippen molar-refractivity contribution in [1.29, 1.82) is 0 Å². The molecule has 132 valence electrons. The van der Waals surface area contributed by atoms with Crippen molar-refractivity contribution in [3.8, 4) is 5.69 Å². The Bertz CT molecular complexity index is 1040. The number of halogens is 1. The number of benzene rings is 3. The first-order chi connectivity index (χ1) is 12.8. The highest BCUT2D eigenvalue weighted by molar-refractivity contribution is 9.10. The van der Waals surface area contributed by atoms with Crippen LogP contribution in [0.4, 0.5) is 0 Å². The molecule has 1 nitrogen and oxygen atoms in total. The van der Waals surface area contributed by atoms with Gasteiger partial charge >= 0.3 is 0 Å². The van der Waals surface area contributed by atoms with E-state index in [0.29, 0.717) is 0 Å². The van der Waals surface area contributed by atoms with Gasteiger partial charge in [-0.25, -0.2) is 0 Å². The van der Waals surface area contributed by atoms with Crippen LogP contribution in [-0.2, 0) is 6.42 Å². The topological polar surface area (TPSA) is 4.93 Å². The van der Waals surface area contributed by atoms with Gasteiger partial charge < -0.3 is 4.57 Å². The molecule has 0 aliphatic rings. The third kappa shape index (κ3) is 3.31. The molecule has 4 rings (SSSR count). The number of aromatic nitrogens is 1. The van der Waals surface area contributed by atoms with Crippen LogP contribution < -0.4 is 0 Å². The van der Waals surface area contributed by atoms with E-state index in [4.69, 9.17) is 0 Å². The molecule has 0 unspecified atom stereocenters. The second kappa shape index (κ2) is 7.67. The number of hydrogen-bond donors (Lipinski definition) is 0. The fourth-order valence-electron chi connectivity index (χ4n) is 3.83. The number of aryl methyl sites for hydroxylation is 1. The molecule has 4 aromatic rings. The van der Waals surface area contributed by atoms with Gasteiger partial charge in [0.2, 0.25) is 0 Å². The van der Waals surface area contributed by atoms with E-state index in [-0.39, 0.29) is 0 Å². The predicted octanol–water partition coefficient (Wildman–Crippen LogP) is 7.67. The molecule has 0 saturated heterocycles. The van der Waals surface area contributed by atoms with Crippen LogP contribution >= 0.6 is 15.9 Å². The average Bonchev–Trinajstić information content (AvgIpc) is 2.99. The van der Waals surface area contributed by atoms with Crippen molar-refractivity contribution in [2.75, 3.05) is 0 Å². The van der Waals surface area contributed by atoms with Crippen LogP contribution in [-0.4, -0.2) is 4.57 Å². The molecule has 0 fully saturated rings. The zero-order chi connectivity index (χ0) is 17.9. The van der Waals surface area contributed by atoms with Gasteiger partial charge in [-0.15, -0.1) is 0 Å². The molecule has 1 heterocycles. The summed E-state index contributed by atoms with van der Waals surface area (Å²) in [6, 6.07) is 24.3. The molecule has 0 atom stereocenters. The average molecular weight is 406 g/mol. The second-order valence-corrected chi connectivity index (χ2v) is 7.91. The Morgan fingerprint density at radius 2 is 1.62 bits per heavy atom. The molecular weight excluding hydrogens is 382 g/mol. The summed E-state index contributed by atoms with van der Waals surface area (Å²) in [6.07, 6.45) is 6.39. The van der Waals surface area contributed by atoms with Gasteiger partial charge in [0.15, 0.2) is 0 Å². The highest BCUT2D eigenvalue weighted by Gasteiger charge is 2.12. The Kier molecular flexibility index (Phi) is 5.12. The van der Waals surface area contributed by atoms with Gasteiger partial charge in [-0.3, -0.25) is 0 Å². The van der Waals surface area contributed by atoms with E-state index >= 15 is 0 Å². The van der Waals surface area contributed by atoms with Crippen LogP contribution in [0.3, 0.4) is 0 Å². The van der Waals surface area contributed by atoms with Crippen molar-refractivity contribution in [1.82, 2.24) is 4.57 Å². The van der Waals surface area contributed by atoms with Crippen molar-refractivity contribution in [2.45, 2.75) is 39.0 Å². The molecule has 0 aliphatic heterocycles. The van der Waals surface area contributed by atoms with Crippen molar-refractivity contribution in [3.05, 3.63) is 76.8 Å². The van der Waals surface area contributed by atoms with E-state index in [2.05, 4.69) is 94.2 Å². The number of hydrogen-bond acceptors (Lipinski definition) is 0. The largest absolute Gasteiger partial charge is 0.309 e. The Labute approximate surface area is 163 Å². The molecule has 0 aliphatic carbocycles. The summed E-state index contributed by atoms with van der Waals surface area (Å²) < 4.78 is 3.52. The highest BCUT2D eigenvalue weighted by Crippen LogP contribution is 2.33. The molecule has 2 heteroatoms. The SMILES string of the molecule is CCCCCCc1cccc(-n2c3ccccc3c3cc(Br)ccc32)c1. The van der Waals surface area contributed by atoms with Gasteiger partial charge in [0.1, 0.15) is 0 Å². The lowest BCUT2D eigenvalue weighted by atomic mass is 10.1. The van der Waals surface area contributed by atoms with Crippen LogP contribution in [0.25, 0.3) is 27.5 Å². The molecule has 0 bridgehead atoms. The quantitative estimate of drug-likeness (QED) is 0.290. The lowest BCUT2D eigenvalue weighted by molar-refractivity contribution is 0.667. The standard InChI is InChI=1S/C24H24BrN/c1-2-3-4-5-9-18-10-8-11-20(16-18)26-23-13-7-6-12-21(23)22-17-19(25)14-15-24(22)26/h6-8,10-17H,2-5,9H2,1H3. The minimum absolute atomic E-state index is 1.12. The third-order valence-electron chi connectivity index (χ3n) is 5.12. The smallest absolute Gasteiger partial charge is 0.0541 e. The first-order valence-electron chi connectivity index (χ1n) is 9.56. The maximum atomic E-state index is 3.63. The van der Waals surface area contributed by atoms with Gasteiger partial charge in [0.05, 0.1) is 11.0 Å². The first kappa shape index (κ1) is 17.4. The summed E-state index contributed by atoms with van der Waals surface area (Å²) in [4.78, 5) is 0. The molecule has 3 aromatic carbocycles. The number of para-hydroxylation sites is 1. The molecule has 0 spiro atoms. The molecule has 1 aromatic heterocycles. The fourth-order valence-corrected chi connectivity index (χ4v) is 4.19. The summed E-state index contributed by atoms with van der Waals surface area (Å²) in [5, 5.41) is 2.60. The molecule has 0 saturated carbocycles. The van der Waals surface area contributed by atoms with E-state index in [1.165, 1.54) is 58.7 Å². The lowest BCUT2D eigenvalue weighted by Gasteiger charge is -2.10. The summed E-state index contributed by atoms with van der Waals surface area (Å²) >= 11 is 3.63. The van der Waals surface area contributed by atoms with Crippen molar-refractivity contribution in [2.24, 2.45) is 0 Å². The first-order valence-corrected chi connectivity index (χ1v) is 10.4. The van der Waals surface area contributed by atoms with E-state index in [1.54, 1.807) is 0 Å². The maximum absolute atomic E-state index is 3.63. The normalized spacial score (nSPS) is 11.5. The minimum Gasteiger partial charge on any atom is -0.309 e. The van der Waals surface area contributed by atoms with E-state index < -0.39 is 0 Å². The van der Waals surface area contributed by atoms with Gasteiger partial charge in [0, 0.05) is 20.9 Å². The lowest BCUT2D eigenvalue weighted by Crippen LogP contribution is -1.95. The zero-order valence-corrected chi connectivity index (χ0v) is 16.8. The van der Waals surface area contributed by atoms with Gasteiger partial charge in [-0.05, 0) is 54.8 Å². The Morgan fingerprint density at radius 3 is 2.50 bits per heavy atom. The molecule has 0 N–H and O–H groups in total. The third-order valence-corrected chi connectivity index (χ3v) is 5.62. The second-order valence-electron chi connectivity index (χ2n) is 6.99. The van der Waals surface area contributed by atoms with Crippen molar-refractivity contribution >= 4 is 37.7 Å². The van der Waals surface area contributed by atoms with Gasteiger partial charge in [-0.1, -0.05) is 72.4 Å².